The van der Waals surface area contributed by atoms with Gasteiger partial charge >= 0.3 is 0 Å². The number of ketones is 1. The summed E-state index contributed by atoms with van der Waals surface area (Å²) in [6.45, 7) is 9.35. The molecule has 0 bridgehead atoms. The van der Waals surface area contributed by atoms with Crippen molar-refractivity contribution in [1.82, 2.24) is 14.8 Å². The van der Waals surface area contributed by atoms with E-state index in [1.165, 1.54) is 19.4 Å². The smallest absolute Gasteiger partial charge is 0.176 e. The van der Waals surface area contributed by atoms with E-state index in [4.69, 9.17) is 4.74 Å². The van der Waals surface area contributed by atoms with Gasteiger partial charge in [-0.25, -0.2) is 4.98 Å². The van der Waals surface area contributed by atoms with Crippen LogP contribution in [0.2, 0.25) is 0 Å². The van der Waals surface area contributed by atoms with Crippen molar-refractivity contribution in [3.05, 3.63) is 54.2 Å². The fraction of sp³-hybridized carbons (Fsp3) is 0.520. The second kappa shape index (κ2) is 10.7. The van der Waals surface area contributed by atoms with Crippen molar-refractivity contribution in [1.29, 1.82) is 0 Å². The topological polar surface area (TPSA) is 48.9 Å². The van der Waals surface area contributed by atoms with Gasteiger partial charge in [-0.05, 0) is 69.1 Å². The highest BCUT2D eigenvalue weighted by atomic mass is 16.5. The summed E-state index contributed by atoms with van der Waals surface area (Å²) >= 11 is 0. The number of pyridine rings is 1. The molecule has 166 valence electrons. The molecule has 1 atom stereocenters. The van der Waals surface area contributed by atoms with Crippen LogP contribution in [-0.2, 0) is 0 Å². The molecule has 0 N–H and O–H groups in total. The van der Waals surface area contributed by atoms with Crippen LogP contribution in [0.1, 0.15) is 36.5 Å². The van der Waals surface area contributed by atoms with Gasteiger partial charge in [-0.15, -0.1) is 0 Å². The minimum absolute atomic E-state index is 0.167. The quantitative estimate of drug-likeness (QED) is 0.456. The Morgan fingerprint density at radius 3 is 2.55 bits per heavy atom. The number of Topliss-reactive ketones (excluding diaryl/α,β-unsaturated/α-hetero) is 1. The second-order valence-corrected chi connectivity index (χ2v) is 8.63. The molecule has 2 aliphatic rings. The van der Waals surface area contributed by atoms with Gasteiger partial charge in [0.2, 0.25) is 0 Å². The lowest BCUT2D eigenvalue weighted by molar-refractivity contribution is 0.0926. The number of likely N-dealkylation sites (tertiary alicyclic amines) is 1. The molecule has 1 aromatic carbocycles. The molecular weight excluding hydrogens is 388 g/mol. The Kier molecular flexibility index (Phi) is 7.54. The summed E-state index contributed by atoms with van der Waals surface area (Å²) in [6, 6.07) is 14.3. The number of aromatic nitrogens is 1. The third kappa shape index (κ3) is 6.05. The van der Waals surface area contributed by atoms with Gasteiger partial charge in [0.15, 0.2) is 5.78 Å². The summed E-state index contributed by atoms with van der Waals surface area (Å²) in [5, 5.41) is 0. The van der Waals surface area contributed by atoms with Crippen molar-refractivity contribution < 1.29 is 9.53 Å². The maximum absolute atomic E-state index is 12.7. The molecule has 0 aliphatic carbocycles. The summed E-state index contributed by atoms with van der Waals surface area (Å²) in [7, 11) is 0. The third-order valence-corrected chi connectivity index (χ3v) is 6.44. The number of carbonyl (C=O) groups is 1. The molecule has 4 rings (SSSR count). The Labute approximate surface area is 185 Å². The number of hydrogen-bond acceptors (Lipinski definition) is 6. The van der Waals surface area contributed by atoms with Crippen LogP contribution in [0.5, 0.6) is 5.75 Å². The average molecular weight is 423 g/mol. The molecule has 31 heavy (non-hydrogen) atoms. The zero-order valence-corrected chi connectivity index (χ0v) is 18.6. The first-order chi connectivity index (χ1) is 15.2. The van der Waals surface area contributed by atoms with Crippen LogP contribution in [0.25, 0.3) is 0 Å². The predicted molar refractivity (Wildman–Crippen MR) is 124 cm³/mol. The summed E-state index contributed by atoms with van der Waals surface area (Å²) < 4.78 is 5.88. The molecular formula is C25H34N4O2. The van der Waals surface area contributed by atoms with Gasteiger partial charge in [0.25, 0.3) is 0 Å². The van der Waals surface area contributed by atoms with Crippen LogP contribution < -0.4 is 9.64 Å². The van der Waals surface area contributed by atoms with E-state index >= 15 is 0 Å². The molecule has 0 spiro atoms. The van der Waals surface area contributed by atoms with E-state index in [1.54, 1.807) is 0 Å². The third-order valence-electron chi connectivity index (χ3n) is 6.44. The number of benzene rings is 1. The fourth-order valence-electron chi connectivity index (χ4n) is 4.49. The number of hydrogen-bond donors (Lipinski definition) is 0. The Morgan fingerprint density at radius 1 is 1.06 bits per heavy atom. The van der Waals surface area contributed by atoms with Crippen molar-refractivity contribution in [2.45, 2.75) is 32.2 Å². The number of nitrogens with zero attached hydrogens (tertiary/aromatic N) is 4. The summed E-state index contributed by atoms with van der Waals surface area (Å²) in [4.78, 5) is 24.2. The van der Waals surface area contributed by atoms with E-state index in [0.717, 1.165) is 62.9 Å². The van der Waals surface area contributed by atoms with Gasteiger partial charge in [-0.2, -0.15) is 0 Å². The maximum Gasteiger partial charge on any atom is 0.176 e. The van der Waals surface area contributed by atoms with Gasteiger partial charge in [0.05, 0.1) is 13.2 Å². The largest absolute Gasteiger partial charge is 0.494 e. The molecule has 6 nitrogen and oxygen atoms in total. The summed E-state index contributed by atoms with van der Waals surface area (Å²) in [5.74, 6) is 2.02. The maximum atomic E-state index is 12.7. The summed E-state index contributed by atoms with van der Waals surface area (Å²) in [5.41, 5.74) is 0.755. The molecule has 2 aliphatic heterocycles. The molecule has 0 saturated carbocycles. The van der Waals surface area contributed by atoms with Crippen molar-refractivity contribution in [3.8, 4) is 5.75 Å². The van der Waals surface area contributed by atoms with Gasteiger partial charge in [-0.1, -0.05) is 6.07 Å². The molecule has 0 amide bonds. The SMILES string of the molecule is C[C@@H]1CCCN1CCCOc1ccc(C(=O)CN2CCN(c3ccccn3)CC2)cc1. The Hall–Kier alpha value is -2.44. The van der Waals surface area contributed by atoms with Crippen molar-refractivity contribution in [2.24, 2.45) is 0 Å². The van der Waals surface area contributed by atoms with Crippen molar-refractivity contribution in [3.63, 3.8) is 0 Å². The van der Waals surface area contributed by atoms with Crippen LogP contribution in [0, 0.1) is 0 Å². The lowest BCUT2D eigenvalue weighted by atomic mass is 10.1. The van der Waals surface area contributed by atoms with Gasteiger partial charge in [0.1, 0.15) is 11.6 Å². The van der Waals surface area contributed by atoms with Gasteiger partial charge in [0, 0.05) is 50.5 Å². The minimum atomic E-state index is 0.167. The normalized spacial score (nSPS) is 20.2. The number of carbonyl (C=O) groups excluding carboxylic acids is 1. The molecule has 6 heteroatoms. The molecule has 2 saturated heterocycles. The standard InChI is InChI=1S/C25H34N4O2/c1-21-6-4-13-28(21)14-5-19-31-23-10-8-22(9-11-23)24(30)20-27-15-17-29(18-16-27)25-7-2-3-12-26-25/h2-3,7-12,21H,4-6,13-20H2,1H3/t21-/m1/s1. The zero-order chi connectivity index (χ0) is 21.5. The molecule has 3 heterocycles. The minimum Gasteiger partial charge on any atom is -0.494 e. The average Bonchev–Trinajstić information content (AvgIpc) is 3.23. The molecule has 1 aromatic heterocycles. The highest BCUT2D eigenvalue weighted by molar-refractivity contribution is 5.97. The van der Waals surface area contributed by atoms with E-state index in [9.17, 15) is 4.79 Å². The van der Waals surface area contributed by atoms with Gasteiger partial charge < -0.3 is 14.5 Å². The second-order valence-electron chi connectivity index (χ2n) is 8.63. The predicted octanol–water partition coefficient (Wildman–Crippen LogP) is 3.34. The first kappa shape index (κ1) is 21.8. The Bertz CT molecular complexity index is 819. The van der Waals surface area contributed by atoms with Crippen molar-refractivity contribution >= 4 is 11.6 Å². The highest BCUT2D eigenvalue weighted by Gasteiger charge is 2.21. The number of anilines is 1. The first-order valence-corrected chi connectivity index (χ1v) is 11.6. The van der Waals surface area contributed by atoms with Crippen LogP contribution in [-0.4, -0.2) is 79.0 Å². The lowest BCUT2D eigenvalue weighted by Crippen LogP contribution is -2.48. The summed E-state index contributed by atoms with van der Waals surface area (Å²) in [6.07, 6.45) is 5.50. The van der Waals surface area contributed by atoms with E-state index < -0.39 is 0 Å². The lowest BCUT2D eigenvalue weighted by Gasteiger charge is -2.35. The molecule has 0 unspecified atom stereocenters. The van der Waals surface area contributed by atoms with E-state index in [0.29, 0.717) is 12.6 Å². The molecule has 2 aromatic rings. The molecule has 2 fully saturated rings. The molecule has 0 radical (unpaired) electrons. The monoisotopic (exact) mass is 422 g/mol. The van der Waals surface area contributed by atoms with E-state index in [-0.39, 0.29) is 5.78 Å². The van der Waals surface area contributed by atoms with Crippen molar-refractivity contribution in [2.75, 3.05) is 57.3 Å². The number of rotatable bonds is 9. The fourth-order valence-corrected chi connectivity index (χ4v) is 4.49. The number of ether oxygens (including phenoxy) is 1. The van der Waals surface area contributed by atoms with Crippen LogP contribution in [0.3, 0.4) is 0 Å². The first-order valence-electron chi connectivity index (χ1n) is 11.6. The zero-order valence-electron chi connectivity index (χ0n) is 18.6. The van der Waals surface area contributed by atoms with Crippen LogP contribution in [0.4, 0.5) is 5.82 Å². The van der Waals surface area contributed by atoms with Crippen LogP contribution in [0.15, 0.2) is 48.7 Å². The Balaban J connectivity index is 1.17. The van der Waals surface area contributed by atoms with Gasteiger partial charge in [-0.3, -0.25) is 9.69 Å². The van der Waals surface area contributed by atoms with E-state index in [2.05, 4.69) is 26.6 Å². The highest BCUT2D eigenvalue weighted by Crippen LogP contribution is 2.18. The van der Waals surface area contributed by atoms with E-state index in [1.807, 2.05) is 48.7 Å². The van der Waals surface area contributed by atoms with Crippen LogP contribution >= 0.6 is 0 Å². The Morgan fingerprint density at radius 2 is 1.87 bits per heavy atom. The number of piperazine rings is 1.